The summed E-state index contributed by atoms with van der Waals surface area (Å²) in [7, 11) is 3.10. The summed E-state index contributed by atoms with van der Waals surface area (Å²) in [5, 5.41) is 13.0. The fourth-order valence-corrected chi connectivity index (χ4v) is 2.30. The minimum atomic E-state index is -1.01. The predicted molar refractivity (Wildman–Crippen MR) is 83.3 cm³/mol. The van der Waals surface area contributed by atoms with Gasteiger partial charge in [0.15, 0.2) is 11.5 Å². The molecule has 1 aromatic carbocycles. The molecule has 124 valence electrons. The molecule has 0 bridgehead atoms. The number of methoxy groups -OCH3 is 2. The van der Waals surface area contributed by atoms with Crippen LogP contribution in [0.25, 0.3) is 11.4 Å². The topological polar surface area (TPSA) is 99.6 Å². The van der Waals surface area contributed by atoms with Gasteiger partial charge in [-0.15, -0.1) is 0 Å². The Labute approximate surface area is 137 Å². The number of carbonyl (C=O) groups is 1. The number of aromatic nitrogens is 3. The average molecular weight is 329 g/mol. The van der Waals surface area contributed by atoms with Gasteiger partial charge in [-0.3, -0.25) is 0 Å². The molecule has 3 rings (SSSR count). The van der Waals surface area contributed by atoms with Gasteiger partial charge in [0.25, 0.3) is 0 Å². The van der Waals surface area contributed by atoms with Gasteiger partial charge in [0, 0.05) is 11.8 Å². The molecular formula is C16H15N3O5. The van der Waals surface area contributed by atoms with Crippen LogP contribution in [0.4, 0.5) is 0 Å². The first-order valence-electron chi connectivity index (χ1n) is 7.05. The molecule has 0 fully saturated rings. The van der Waals surface area contributed by atoms with Crippen molar-refractivity contribution in [2.24, 2.45) is 0 Å². The van der Waals surface area contributed by atoms with E-state index in [0.717, 1.165) is 0 Å². The van der Waals surface area contributed by atoms with Gasteiger partial charge in [-0.05, 0) is 30.3 Å². The van der Waals surface area contributed by atoms with Crippen molar-refractivity contribution < 1.29 is 23.9 Å². The highest BCUT2D eigenvalue weighted by Crippen LogP contribution is 2.31. The number of rotatable bonds is 6. The van der Waals surface area contributed by atoms with Crippen molar-refractivity contribution in [2.45, 2.75) is 6.54 Å². The Bertz CT molecular complexity index is 868. The van der Waals surface area contributed by atoms with E-state index in [-0.39, 0.29) is 12.2 Å². The first-order valence-corrected chi connectivity index (χ1v) is 7.05. The number of nitrogens with zero attached hydrogens (tertiary/aromatic N) is 3. The molecule has 2 aromatic heterocycles. The molecule has 0 aliphatic heterocycles. The molecule has 0 aliphatic rings. The van der Waals surface area contributed by atoms with Crippen molar-refractivity contribution in [2.75, 3.05) is 14.2 Å². The number of hydrogen-bond acceptors (Lipinski definition) is 6. The fraction of sp³-hybridized carbons (Fsp3) is 0.188. The van der Waals surface area contributed by atoms with Gasteiger partial charge in [0.05, 0.1) is 14.2 Å². The minimum absolute atomic E-state index is 0.154. The van der Waals surface area contributed by atoms with E-state index < -0.39 is 5.97 Å². The van der Waals surface area contributed by atoms with E-state index in [4.69, 9.17) is 19.1 Å². The van der Waals surface area contributed by atoms with Gasteiger partial charge in [0.1, 0.15) is 12.2 Å². The van der Waals surface area contributed by atoms with E-state index in [1.807, 2.05) is 0 Å². The number of hydrogen-bond donors (Lipinski definition) is 1. The quantitative estimate of drug-likeness (QED) is 0.740. The SMILES string of the molecule is COc1ccc(-c2noc(Cn3cccc3C(=O)O)n2)cc1OC. The van der Waals surface area contributed by atoms with E-state index in [1.165, 1.54) is 10.6 Å². The van der Waals surface area contributed by atoms with Crippen molar-refractivity contribution in [1.82, 2.24) is 14.7 Å². The standard InChI is InChI=1S/C16H15N3O5/c1-22-12-6-5-10(8-13(12)23-2)15-17-14(24-18-15)9-19-7-3-4-11(19)16(20)21/h3-8H,9H2,1-2H3,(H,20,21). The molecule has 2 heterocycles. The Kier molecular flexibility index (Phi) is 4.19. The number of carboxylic acid groups (broad SMARTS) is 1. The zero-order chi connectivity index (χ0) is 17.1. The monoisotopic (exact) mass is 329 g/mol. The molecule has 0 amide bonds. The van der Waals surface area contributed by atoms with Crippen molar-refractivity contribution in [3.8, 4) is 22.9 Å². The van der Waals surface area contributed by atoms with Crippen molar-refractivity contribution in [3.63, 3.8) is 0 Å². The van der Waals surface area contributed by atoms with Crippen molar-refractivity contribution >= 4 is 5.97 Å². The summed E-state index contributed by atoms with van der Waals surface area (Å²) >= 11 is 0. The maximum Gasteiger partial charge on any atom is 0.352 e. The molecule has 24 heavy (non-hydrogen) atoms. The molecular weight excluding hydrogens is 314 g/mol. The Morgan fingerprint density at radius 3 is 2.75 bits per heavy atom. The first-order chi connectivity index (χ1) is 11.6. The summed E-state index contributed by atoms with van der Waals surface area (Å²) < 4.78 is 17.2. The van der Waals surface area contributed by atoms with Crippen LogP contribution in [0.5, 0.6) is 11.5 Å². The lowest BCUT2D eigenvalue weighted by Gasteiger charge is -2.07. The van der Waals surface area contributed by atoms with Gasteiger partial charge in [0.2, 0.25) is 11.7 Å². The lowest BCUT2D eigenvalue weighted by Crippen LogP contribution is -2.08. The third kappa shape index (κ3) is 2.94. The normalized spacial score (nSPS) is 10.6. The number of ether oxygens (including phenoxy) is 2. The second kappa shape index (κ2) is 6.45. The molecule has 0 saturated heterocycles. The smallest absolute Gasteiger partial charge is 0.352 e. The van der Waals surface area contributed by atoms with E-state index in [0.29, 0.717) is 28.8 Å². The summed E-state index contributed by atoms with van der Waals surface area (Å²) in [5.41, 5.74) is 0.856. The summed E-state index contributed by atoms with van der Waals surface area (Å²) in [5.74, 6) is 0.830. The largest absolute Gasteiger partial charge is 0.493 e. The number of aromatic carboxylic acids is 1. The molecule has 8 heteroatoms. The van der Waals surface area contributed by atoms with Crippen LogP contribution >= 0.6 is 0 Å². The van der Waals surface area contributed by atoms with Crippen LogP contribution in [0, 0.1) is 0 Å². The van der Waals surface area contributed by atoms with Gasteiger partial charge < -0.3 is 23.7 Å². The molecule has 0 unspecified atom stereocenters. The highest BCUT2D eigenvalue weighted by molar-refractivity contribution is 5.85. The number of carboxylic acids is 1. The van der Waals surface area contributed by atoms with Crippen LogP contribution in [0.1, 0.15) is 16.4 Å². The maximum atomic E-state index is 11.1. The van der Waals surface area contributed by atoms with Gasteiger partial charge in [-0.25, -0.2) is 4.79 Å². The van der Waals surface area contributed by atoms with Crippen LogP contribution < -0.4 is 9.47 Å². The maximum absolute atomic E-state index is 11.1. The predicted octanol–water partition coefficient (Wildman–Crippen LogP) is 2.30. The summed E-state index contributed by atoms with van der Waals surface area (Å²) in [6.07, 6.45) is 1.64. The van der Waals surface area contributed by atoms with Gasteiger partial charge in [-0.1, -0.05) is 5.16 Å². The second-order valence-electron chi connectivity index (χ2n) is 4.91. The lowest BCUT2D eigenvalue weighted by atomic mass is 10.2. The molecule has 0 saturated carbocycles. The molecule has 3 aromatic rings. The molecule has 0 radical (unpaired) electrons. The van der Waals surface area contributed by atoms with Crippen LogP contribution in [0.3, 0.4) is 0 Å². The summed E-state index contributed by atoms with van der Waals surface area (Å²) in [6.45, 7) is 0.176. The van der Waals surface area contributed by atoms with Crippen molar-refractivity contribution in [1.29, 1.82) is 0 Å². The summed E-state index contributed by atoms with van der Waals surface area (Å²) in [4.78, 5) is 15.4. The van der Waals surface area contributed by atoms with E-state index in [2.05, 4.69) is 10.1 Å². The summed E-state index contributed by atoms with van der Waals surface area (Å²) in [6, 6.07) is 8.43. The van der Waals surface area contributed by atoms with E-state index in [9.17, 15) is 4.79 Å². The third-order valence-electron chi connectivity index (χ3n) is 3.46. The Morgan fingerprint density at radius 2 is 2.04 bits per heavy atom. The fourth-order valence-electron chi connectivity index (χ4n) is 2.30. The zero-order valence-electron chi connectivity index (χ0n) is 13.1. The third-order valence-corrected chi connectivity index (χ3v) is 3.46. The molecule has 8 nitrogen and oxygen atoms in total. The van der Waals surface area contributed by atoms with E-state index >= 15 is 0 Å². The highest BCUT2D eigenvalue weighted by Gasteiger charge is 2.15. The number of benzene rings is 1. The minimum Gasteiger partial charge on any atom is -0.493 e. The zero-order valence-corrected chi connectivity index (χ0v) is 13.1. The molecule has 0 atom stereocenters. The average Bonchev–Trinajstić information content (AvgIpc) is 3.24. The highest BCUT2D eigenvalue weighted by atomic mass is 16.5. The van der Waals surface area contributed by atoms with Crippen LogP contribution in [0.15, 0.2) is 41.1 Å². The molecule has 1 N–H and O–H groups in total. The van der Waals surface area contributed by atoms with Gasteiger partial charge >= 0.3 is 5.97 Å². The van der Waals surface area contributed by atoms with Crippen molar-refractivity contribution in [3.05, 3.63) is 48.1 Å². The Balaban J connectivity index is 1.85. The first kappa shape index (κ1) is 15.6. The second-order valence-corrected chi connectivity index (χ2v) is 4.91. The van der Waals surface area contributed by atoms with Gasteiger partial charge in [-0.2, -0.15) is 4.98 Å². The van der Waals surface area contributed by atoms with Crippen LogP contribution in [-0.4, -0.2) is 40.0 Å². The Morgan fingerprint density at radius 1 is 1.25 bits per heavy atom. The molecule has 0 spiro atoms. The van der Waals surface area contributed by atoms with Crippen LogP contribution in [0.2, 0.25) is 0 Å². The van der Waals surface area contributed by atoms with Crippen LogP contribution in [-0.2, 0) is 6.54 Å². The van der Waals surface area contributed by atoms with E-state index in [1.54, 1.807) is 44.7 Å². The molecule has 0 aliphatic carbocycles. The Hall–Kier alpha value is -3.29. The lowest BCUT2D eigenvalue weighted by molar-refractivity contribution is 0.0685.